The van der Waals surface area contributed by atoms with Gasteiger partial charge in [0.25, 0.3) is 0 Å². The van der Waals surface area contributed by atoms with Gasteiger partial charge in [-0.15, -0.1) is 0 Å². The normalized spacial score (nSPS) is 24.4. The van der Waals surface area contributed by atoms with Crippen LogP contribution in [0.3, 0.4) is 0 Å². The highest BCUT2D eigenvalue weighted by Crippen LogP contribution is 2.43. The van der Waals surface area contributed by atoms with E-state index in [1.54, 1.807) is 13.2 Å². The number of carbonyl (C=O) groups is 1. The number of hydroxylamine groups is 1. The molecule has 3 aromatic rings. The second kappa shape index (κ2) is 13.8. The predicted molar refractivity (Wildman–Crippen MR) is 188 cm³/mol. The van der Waals surface area contributed by atoms with E-state index in [2.05, 4.69) is 41.9 Å². The van der Waals surface area contributed by atoms with Crippen molar-refractivity contribution in [2.24, 2.45) is 0 Å². The van der Waals surface area contributed by atoms with E-state index in [1.807, 2.05) is 12.1 Å². The zero-order valence-corrected chi connectivity index (χ0v) is 28.4. The van der Waals surface area contributed by atoms with Gasteiger partial charge >= 0.3 is 0 Å². The number of nitrogens with zero attached hydrogens (tertiary/aromatic N) is 6. The fourth-order valence-electron chi connectivity index (χ4n) is 8.51. The number of carbonyl (C=O) groups excluding carboxylic acids is 1. The van der Waals surface area contributed by atoms with Crippen molar-refractivity contribution in [3.8, 4) is 5.75 Å². The van der Waals surface area contributed by atoms with E-state index in [0.29, 0.717) is 47.8 Å². The van der Waals surface area contributed by atoms with Gasteiger partial charge in [-0.2, -0.15) is 0 Å². The molecule has 1 saturated carbocycles. The summed E-state index contributed by atoms with van der Waals surface area (Å²) in [7, 11) is 1.61. The molecule has 8 rings (SSSR count). The lowest BCUT2D eigenvalue weighted by Crippen LogP contribution is -2.58. The predicted octanol–water partition coefficient (Wildman–Crippen LogP) is 5.79. The molecule has 5 heterocycles. The third-order valence-corrected chi connectivity index (χ3v) is 11.0. The van der Waals surface area contributed by atoms with Crippen molar-refractivity contribution in [2.75, 3.05) is 60.5 Å². The number of anilines is 5. The van der Waals surface area contributed by atoms with Gasteiger partial charge in [-0.3, -0.25) is 19.4 Å². The average Bonchev–Trinajstić information content (AvgIpc) is 3.79. The smallest absolute Gasteiger partial charge is 0.247 e. The molecule has 4 saturated heterocycles. The number of aromatic nitrogens is 2. The quantitative estimate of drug-likeness (QED) is 0.255. The Kier molecular flexibility index (Phi) is 9.04. The zero-order valence-electron chi connectivity index (χ0n) is 28.4. The summed E-state index contributed by atoms with van der Waals surface area (Å²) >= 11 is 0. The molecule has 2 unspecified atom stereocenters. The maximum Gasteiger partial charge on any atom is 0.247 e. The number of amides is 1. The molecule has 2 bridgehead atoms. The van der Waals surface area contributed by atoms with E-state index in [-0.39, 0.29) is 11.5 Å². The highest BCUT2D eigenvalue weighted by atomic mass is 19.1. The standard InChI is InChI=1S/C37H44F2N8O3/c1-3-37(48)43-30-17-31(42-35-19-36(41-22-40-35)47-32(12-15-50-47)28-16-23(38)4-9-29(28)39)34(49-2)18-33(30)44-13-10-24(11-14-44)45-20-26-7-8-27(21-45)46(26)25-5-6-25/h3-4,9,16-19,22,24-27,32H,1,5-8,10-15,20-21H2,2H3,(H,43,48)(H,40,41,42)/t26?,27?,32-/m1/s1. The fraction of sp³-hybridized carbons (Fsp3) is 0.486. The summed E-state index contributed by atoms with van der Waals surface area (Å²) in [6.07, 6.45) is 10.6. The minimum atomic E-state index is -0.561. The van der Waals surface area contributed by atoms with Crippen LogP contribution in [0.2, 0.25) is 0 Å². The molecular formula is C37H44F2N8O3. The minimum absolute atomic E-state index is 0.197. The first-order chi connectivity index (χ1) is 24.4. The average molecular weight is 687 g/mol. The maximum absolute atomic E-state index is 14.7. The molecule has 5 fully saturated rings. The van der Waals surface area contributed by atoms with Gasteiger partial charge in [-0.1, -0.05) is 6.58 Å². The number of likely N-dealkylation sites (tertiary alicyclic amines) is 1. The van der Waals surface area contributed by atoms with Crippen LogP contribution in [0.25, 0.3) is 0 Å². The first-order valence-corrected chi connectivity index (χ1v) is 17.8. The van der Waals surface area contributed by atoms with Crippen LogP contribution in [0, 0.1) is 11.6 Å². The van der Waals surface area contributed by atoms with E-state index in [9.17, 15) is 13.6 Å². The van der Waals surface area contributed by atoms with Gasteiger partial charge in [0.2, 0.25) is 5.91 Å². The van der Waals surface area contributed by atoms with Gasteiger partial charge in [0.15, 0.2) is 5.82 Å². The SMILES string of the molecule is C=CC(=O)Nc1cc(Nc2cc(N3OCC[C@@H]3c3cc(F)ccc3F)ncn2)c(OC)cc1N1CCC(N2CC3CCC(C2)N3C2CC2)CC1. The fourth-order valence-corrected chi connectivity index (χ4v) is 8.51. The Balaban J connectivity index is 0.999. The Morgan fingerprint density at radius 2 is 1.70 bits per heavy atom. The molecule has 2 aromatic carbocycles. The zero-order chi connectivity index (χ0) is 34.4. The second-order valence-corrected chi connectivity index (χ2v) is 14.0. The molecule has 1 amide bonds. The van der Waals surface area contributed by atoms with Gasteiger partial charge in [0, 0.05) is 74.5 Å². The molecule has 1 aromatic heterocycles. The van der Waals surface area contributed by atoms with E-state index in [4.69, 9.17) is 9.57 Å². The third kappa shape index (κ3) is 6.49. The van der Waals surface area contributed by atoms with Crippen molar-refractivity contribution < 1.29 is 23.1 Å². The number of rotatable bonds is 10. The number of benzene rings is 2. The summed E-state index contributed by atoms with van der Waals surface area (Å²) in [5, 5.41) is 7.80. The number of fused-ring (bicyclic) bond motifs is 2. The Morgan fingerprint density at radius 3 is 2.42 bits per heavy atom. The van der Waals surface area contributed by atoms with Crippen molar-refractivity contribution in [3.05, 3.63) is 72.6 Å². The van der Waals surface area contributed by atoms with Crippen LogP contribution in [0.5, 0.6) is 5.75 Å². The number of piperidine rings is 1. The van der Waals surface area contributed by atoms with Crippen LogP contribution < -0.4 is 25.3 Å². The summed E-state index contributed by atoms with van der Waals surface area (Å²) < 4.78 is 34.6. The number of ether oxygens (including phenoxy) is 1. The largest absolute Gasteiger partial charge is 0.494 e. The molecule has 4 aliphatic heterocycles. The molecule has 264 valence electrons. The van der Waals surface area contributed by atoms with Crippen LogP contribution >= 0.6 is 0 Å². The Hall–Kier alpha value is -4.33. The first kappa shape index (κ1) is 32.9. The summed E-state index contributed by atoms with van der Waals surface area (Å²) in [6.45, 7) is 8.08. The van der Waals surface area contributed by atoms with Crippen LogP contribution in [0.4, 0.5) is 37.5 Å². The van der Waals surface area contributed by atoms with Crippen molar-refractivity contribution >= 4 is 34.6 Å². The summed E-state index contributed by atoms with van der Waals surface area (Å²) in [5.41, 5.74) is 2.29. The Bertz CT molecular complexity index is 1740. The van der Waals surface area contributed by atoms with Gasteiger partial charge in [0.1, 0.15) is 29.5 Å². The van der Waals surface area contributed by atoms with Crippen LogP contribution in [-0.4, -0.2) is 89.7 Å². The molecule has 0 radical (unpaired) electrons. The first-order valence-electron chi connectivity index (χ1n) is 17.8. The summed E-state index contributed by atoms with van der Waals surface area (Å²) in [5.74, 6) is 0.0329. The number of halogens is 2. The van der Waals surface area contributed by atoms with Crippen molar-refractivity contribution in [2.45, 2.75) is 75.2 Å². The number of hydrogen-bond donors (Lipinski definition) is 2. The molecule has 13 heteroatoms. The highest BCUT2D eigenvalue weighted by molar-refractivity contribution is 6.02. The Morgan fingerprint density at radius 1 is 0.940 bits per heavy atom. The summed E-state index contributed by atoms with van der Waals surface area (Å²) in [6, 6.07) is 11.2. The van der Waals surface area contributed by atoms with Crippen LogP contribution in [0.15, 0.2) is 55.4 Å². The lowest BCUT2D eigenvalue weighted by Gasteiger charge is -2.47. The van der Waals surface area contributed by atoms with Crippen molar-refractivity contribution in [1.29, 1.82) is 0 Å². The monoisotopic (exact) mass is 686 g/mol. The number of methoxy groups -OCH3 is 1. The number of nitrogens with one attached hydrogen (secondary N) is 2. The molecule has 3 atom stereocenters. The van der Waals surface area contributed by atoms with E-state index >= 15 is 0 Å². The summed E-state index contributed by atoms with van der Waals surface area (Å²) in [4.78, 5) is 35.1. The van der Waals surface area contributed by atoms with Crippen molar-refractivity contribution in [1.82, 2.24) is 19.8 Å². The lowest BCUT2D eigenvalue weighted by molar-refractivity contribution is -0.111. The molecule has 50 heavy (non-hydrogen) atoms. The van der Waals surface area contributed by atoms with Gasteiger partial charge in [-0.05, 0) is 68.9 Å². The second-order valence-electron chi connectivity index (χ2n) is 14.0. The molecular weight excluding hydrogens is 642 g/mol. The van der Waals surface area contributed by atoms with Gasteiger partial charge in [-0.25, -0.2) is 23.8 Å². The number of hydrogen-bond acceptors (Lipinski definition) is 10. The highest BCUT2D eigenvalue weighted by Gasteiger charge is 2.47. The molecule has 2 N–H and O–H groups in total. The lowest BCUT2D eigenvalue weighted by atomic mass is 9.99. The Labute approximate surface area is 291 Å². The third-order valence-electron chi connectivity index (χ3n) is 11.0. The van der Waals surface area contributed by atoms with Gasteiger partial charge in [0.05, 0.1) is 36.8 Å². The van der Waals surface area contributed by atoms with E-state index in [1.165, 1.54) is 62.3 Å². The van der Waals surface area contributed by atoms with Crippen LogP contribution in [0.1, 0.15) is 56.6 Å². The van der Waals surface area contributed by atoms with E-state index in [0.717, 1.165) is 61.9 Å². The van der Waals surface area contributed by atoms with Crippen molar-refractivity contribution in [3.63, 3.8) is 0 Å². The molecule has 11 nitrogen and oxygen atoms in total. The minimum Gasteiger partial charge on any atom is -0.494 e. The van der Waals surface area contributed by atoms with Crippen LogP contribution in [-0.2, 0) is 9.63 Å². The topological polar surface area (TPSA) is 98.3 Å². The van der Waals surface area contributed by atoms with E-state index < -0.39 is 17.7 Å². The maximum atomic E-state index is 14.7. The number of piperazine rings is 1. The molecule has 1 aliphatic carbocycles. The molecule has 0 spiro atoms. The van der Waals surface area contributed by atoms with Gasteiger partial charge < -0.3 is 20.3 Å². The molecule has 5 aliphatic rings.